The van der Waals surface area contributed by atoms with Gasteiger partial charge in [0, 0.05) is 40.3 Å². The molecule has 0 fully saturated rings. The second-order valence-electron chi connectivity index (χ2n) is 13.0. The van der Waals surface area contributed by atoms with E-state index >= 15 is 0 Å². The van der Waals surface area contributed by atoms with E-state index in [0.717, 1.165) is 16.9 Å². The summed E-state index contributed by atoms with van der Waals surface area (Å²) in [6, 6.07) is 35.8. The lowest BCUT2D eigenvalue weighted by Gasteiger charge is -2.39. The van der Waals surface area contributed by atoms with Crippen LogP contribution >= 0.6 is 0 Å². The van der Waals surface area contributed by atoms with Gasteiger partial charge in [0.15, 0.2) is 0 Å². The van der Waals surface area contributed by atoms with Crippen molar-refractivity contribution in [2.45, 2.75) is 38.5 Å². The molecule has 0 N–H and O–H groups in total. The van der Waals surface area contributed by atoms with Gasteiger partial charge in [-0.25, -0.2) is 0 Å². The minimum absolute atomic E-state index is 0.0432. The Morgan fingerprint density at radius 3 is 2.44 bits per heavy atom. The van der Waals surface area contributed by atoms with Gasteiger partial charge < -0.3 is 13.7 Å². The molecule has 0 saturated carbocycles. The zero-order valence-electron chi connectivity index (χ0n) is 25.3. The summed E-state index contributed by atoms with van der Waals surface area (Å²) in [6.45, 7) is 9.16. The van der Waals surface area contributed by atoms with Gasteiger partial charge in [0.25, 0.3) is 0 Å². The van der Waals surface area contributed by atoms with Crippen LogP contribution in [0.25, 0.3) is 44.4 Å². The first-order valence-electron chi connectivity index (χ1n) is 15.0. The van der Waals surface area contributed by atoms with Crippen molar-refractivity contribution in [3.05, 3.63) is 144 Å². The summed E-state index contributed by atoms with van der Waals surface area (Å²) in [4.78, 5) is 4.86. The van der Waals surface area contributed by atoms with E-state index in [1.165, 1.54) is 49.7 Å². The smallest absolute Gasteiger partial charge is 0.243 e. The molecular formula is C39H34N4. The highest BCUT2D eigenvalue weighted by molar-refractivity contribution is 6.11. The van der Waals surface area contributed by atoms with Crippen LogP contribution in [0.2, 0.25) is 0 Å². The van der Waals surface area contributed by atoms with Crippen molar-refractivity contribution in [1.29, 1.82) is 0 Å². The molecule has 210 valence electrons. The van der Waals surface area contributed by atoms with E-state index in [4.69, 9.17) is 4.98 Å². The normalized spacial score (nSPS) is 16.1. The van der Waals surface area contributed by atoms with E-state index in [1.807, 2.05) is 24.0 Å². The van der Waals surface area contributed by atoms with Crippen molar-refractivity contribution in [1.82, 2.24) is 14.1 Å². The number of nitrogens with zero attached hydrogens (tertiary/aromatic N) is 4. The van der Waals surface area contributed by atoms with Gasteiger partial charge in [0.1, 0.15) is 0 Å². The summed E-state index contributed by atoms with van der Waals surface area (Å²) in [6.07, 6.45) is 9.40. The molecule has 43 heavy (non-hydrogen) atoms. The summed E-state index contributed by atoms with van der Waals surface area (Å²) in [7, 11) is 2.00. The number of rotatable bonds is 3. The zero-order chi connectivity index (χ0) is 29.5. The molecule has 4 nitrogen and oxygen atoms in total. The van der Waals surface area contributed by atoms with E-state index in [9.17, 15) is 0 Å². The number of aromatic nitrogens is 4. The lowest BCUT2D eigenvalue weighted by Crippen LogP contribution is -2.31. The van der Waals surface area contributed by atoms with Crippen LogP contribution in [0.5, 0.6) is 0 Å². The number of imidazole rings is 1. The fourth-order valence-electron chi connectivity index (χ4n) is 6.99. The number of para-hydroxylation sites is 2. The second-order valence-corrected chi connectivity index (χ2v) is 13.0. The summed E-state index contributed by atoms with van der Waals surface area (Å²) in [5.41, 5.74) is 11.7. The number of hydrogen-bond acceptors (Lipinski definition) is 1. The van der Waals surface area contributed by atoms with Gasteiger partial charge in [-0.3, -0.25) is 4.98 Å². The van der Waals surface area contributed by atoms with Gasteiger partial charge in [0.05, 0.1) is 35.1 Å². The van der Waals surface area contributed by atoms with Crippen LogP contribution < -0.4 is 4.57 Å². The van der Waals surface area contributed by atoms with Gasteiger partial charge >= 0.3 is 0 Å². The molecule has 0 amide bonds. The maximum atomic E-state index is 4.86. The average molecular weight is 559 g/mol. The Labute approximate surface area is 252 Å². The lowest BCUT2D eigenvalue weighted by atomic mass is 9.68. The third kappa shape index (κ3) is 3.76. The summed E-state index contributed by atoms with van der Waals surface area (Å²) < 4.78 is 6.49. The molecule has 1 aliphatic rings. The van der Waals surface area contributed by atoms with Gasteiger partial charge in [-0.15, -0.1) is 0 Å². The fraction of sp³-hybridized carbons (Fsp3) is 0.179. The van der Waals surface area contributed by atoms with Gasteiger partial charge in [-0.2, -0.15) is 0 Å². The molecule has 7 aromatic rings. The Bertz CT molecular complexity index is 2210. The van der Waals surface area contributed by atoms with E-state index < -0.39 is 5.41 Å². The van der Waals surface area contributed by atoms with Crippen molar-refractivity contribution >= 4 is 21.8 Å². The Morgan fingerprint density at radius 2 is 1.63 bits per heavy atom. The van der Waals surface area contributed by atoms with Crippen molar-refractivity contribution in [2.75, 3.05) is 0 Å². The Balaban J connectivity index is 1.45. The molecule has 0 saturated heterocycles. The number of hydrogen-bond donors (Lipinski definition) is 0. The van der Waals surface area contributed by atoms with E-state index in [2.05, 4.69) is 146 Å². The quantitative estimate of drug-likeness (QED) is 0.159. The van der Waals surface area contributed by atoms with Crippen molar-refractivity contribution < 1.29 is 4.57 Å². The topological polar surface area (TPSA) is 26.6 Å². The highest BCUT2D eigenvalue weighted by Gasteiger charge is 2.40. The standard InChI is InChI=1S/C39H34N4/c1-38(2,3)27-18-19-40-34(24-27)26-16-17-36-33(22-26)39(4,28-10-8-11-29(23-28)42-21-20-41(5)25-42)32-14-9-13-31-30-12-6-7-15-35(30)43(36)37(31)32/h6-24H,1-5H3. The van der Waals surface area contributed by atoms with E-state index in [1.54, 1.807) is 0 Å². The number of aryl methyl sites for hydroxylation is 1. The molecule has 4 heterocycles. The summed E-state index contributed by atoms with van der Waals surface area (Å²) in [5, 5.41) is 2.57. The first-order valence-corrected chi connectivity index (χ1v) is 15.0. The Morgan fingerprint density at radius 1 is 0.814 bits per heavy atom. The summed E-state index contributed by atoms with van der Waals surface area (Å²) >= 11 is 0. The van der Waals surface area contributed by atoms with Crippen LogP contribution in [-0.2, 0) is 17.9 Å². The first-order chi connectivity index (χ1) is 20.7. The number of benzene rings is 4. The van der Waals surface area contributed by atoms with Crippen LogP contribution in [0.4, 0.5) is 0 Å². The molecule has 0 radical (unpaired) electrons. The zero-order valence-corrected chi connectivity index (χ0v) is 25.3. The Hall–Kier alpha value is -4.96. The lowest BCUT2D eigenvalue weighted by molar-refractivity contribution is -0.674. The average Bonchev–Trinajstić information content (AvgIpc) is 3.61. The molecule has 1 atom stereocenters. The minimum atomic E-state index is -0.414. The van der Waals surface area contributed by atoms with Crippen LogP contribution in [0.3, 0.4) is 0 Å². The molecule has 1 unspecified atom stereocenters. The van der Waals surface area contributed by atoms with Crippen molar-refractivity contribution in [3.63, 3.8) is 0 Å². The van der Waals surface area contributed by atoms with Gasteiger partial charge in [-0.1, -0.05) is 87.5 Å². The third-order valence-electron chi connectivity index (χ3n) is 9.34. The highest BCUT2D eigenvalue weighted by Crippen LogP contribution is 2.51. The predicted octanol–water partition coefficient (Wildman–Crippen LogP) is 8.23. The van der Waals surface area contributed by atoms with Crippen molar-refractivity contribution in [2.24, 2.45) is 7.05 Å². The van der Waals surface area contributed by atoms with Crippen LogP contribution in [-0.4, -0.2) is 14.1 Å². The molecule has 8 rings (SSSR count). The highest BCUT2D eigenvalue weighted by atomic mass is 15.1. The maximum Gasteiger partial charge on any atom is 0.243 e. The number of pyridine rings is 1. The molecule has 3 aromatic heterocycles. The van der Waals surface area contributed by atoms with Crippen LogP contribution in [0.1, 0.15) is 49.9 Å². The molecule has 0 spiro atoms. The largest absolute Gasteiger partial charge is 0.326 e. The summed E-state index contributed by atoms with van der Waals surface area (Å²) in [5.74, 6) is 0. The third-order valence-corrected chi connectivity index (χ3v) is 9.34. The molecular weight excluding hydrogens is 524 g/mol. The molecule has 0 aliphatic carbocycles. The van der Waals surface area contributed by atoms with Crippen molar-refractivity contribution in [3.8, 4) is 22.6 Å². The Kier molecular flexibility index (Phi) is 5.40. The van der Waals surface area contributed by atoms with E-state index in [-0.39, 0.29) is 5.41 Å². The first kappa shape index (κ1) is 25.7. The van der Waals surface area contributed by atoms with Gasteiger partial charge in [0.2, 0.25) is 6.33 Å². The predicted molar refractivity (Wildman–Crippen MR) is 174 cm³/mol. The monoisotopic (exact) mass is 558 g/mol. The van der Waals surface area contributed by atoms with E-state index in [0.29, 0.717) is 0 Å². The van der Waals surface area contributed by atoms with Crippen LogP contribution in [0, 0.1) is 6.33 Å². The molecule has 0 bridgehead atoms. The molecule has 4 heteroatoms. The van der Waals surface area contributed by atoms with Gasteiger partial charge in [-0.05, 0) is 64.9 Å². The molecule has 4 aromatic carbocycles. The fourth-order valence-corrected chi connectivity index (χ4v) is 6.99. The second kappa shape index (κ2) is 9.02. The molecule has 1 aliphatic heterocycles. The maximum absolute atomic E-state index is 4.86. The number of fused-ring (bicyclic) bond motifs is 5. The minimum Gasteiger partial charge on any atom is -0.326 e. The SMILES string of the molecule is C[n+]1[c-]n(-c2cccc(C3(C)c4cc(-c5cc(C(C)(C)C)ccn5)ccc4-n4c5ccccc5c5cccc3c54)c2)cc1. The van der Waals surface area contributed by atoms with Crippen LogP contribution in [0.15, 0.2) is 116 Å².